The summed E-state index contributed by atoms with van der Waals surface area (Å²) >= 11 is 0. The third-order valence-electron chi connectivity index (χ3n) is 3.36. The molecule has 0 spiro atoms. The van der Waals surface area contributed by atoms with E-state index in [9.17, 15) is 9.90 Å². The zero-order valence-electron chi connectivity index (χ0n) is 6.51. The summed E-state index contributed by atoms with van der Waals surface area (Å²) in [6.07, 6.45) is 4.38. The van der Waals surface area contributed by atoms with Crippen LogP contribution in [0.4, 0.5) is 0 Å². The van der Waals surface area contributed by atoms with E-state index in [0.29, 0.717) is 11.8 Å². The van der Waals surface area contributed by atoms with E-state index in [2.05, 4.69) is 12.2 Å². The molecule has 1 saturated carbocycles. The number of hydrogen-bond acceptors (Lipinski definition) is 3. The van der Waals surface area contributed by atoms with Crippen LogP contribution in [0.3, 0.4) is 0 Å². The molecule has 2 bridgehead atoms. The summed E-state index contributed by atoms with van der Waals surface area (Å²) in [5.41, 5.74) is 0. The molecule has 1 N–H and O–H groups in total. The van der Waals surface area contributed by atoms with Crippen molar-refractivity contribution in [1.82, 2.24) is 0 Å². The Morgan fingerprint density at radius 3 is 2.92 bits per heavy atom. The highest BCUT2D eigenvalue weighted by molar-refractivity contribution is 5.76. The van der Waals surface area contributed by atoms with E-state index in [1.807, 2.05) is 0 Å². The van der Waals surface area contributed by atoms with Crippen molar-refractivity contribution in [3.05, 3.63) is 12.2 Å². The van der Waals surface area contributed by atoms with E-state index in [1.165, 1.54) is 0 Å². The molecule has 3 rings (SSSR count). The Labute approximate surface area is 70.0 Å². The molecule has 12 heavy (non-hydrogen) atoms. The second kappa shape index (κ2) is 1.91. The lowest BCUT2D eigenvalue weighted by Crippen LogP contribution is -2.24. The van der Waals surface area contributed by atoms with Crippen molar-refractivity contribution in [3.8, 4) is 0 Å². The number of ether oxygens (including phenoxy) is 1. The summed E-state index contributed by atoms with van der Waals surface area (Å²) in [4.78, 5) is 11.2. The lowest BCUT2D eigenvalue weighted by Gasteiger charge is -2.17. The van der Waals surface area contributed by atoms with Gasteiger partial charge in [0.1, 0.15) is 0 Å². The SMILES string of the molecule is O=C1OC(O)C2C3C=CC(C3)C12. The van der Waals surface area contributed by atoms with Crippen molar-refractivity contribution in [3.63, 3.8) is 0 Å². The number of fused-ring (bicyclic) bond motifs is 5. The van der Waals surface area contributed by atoms with Crippen LogP contribution < -0.4 is 0 Å². The number of esters is 1. The lowest BCUT2D eigenvalue weighted by atomic mass is 9.85. The molecule has 0 radical (unpaired) electrons. The summed E-state index contributed by atoms with van der Waals surface area (Å²) in [6.45, 7) is 0. The van der Waals surface area contributed by atoms with Crippen LogP contribution in [0.5, 0.6) is 0 Å². The summed E-state index contributed by atoms with van der Waals surface area (Å²) in [6, 6.07) is 0. The smallest absolute Gasteiger partial charge is 0.312 e. The Balaban J connectivity index is 2.03. The van der Waals surface area contributed by atoms with Gasteiger partial charge in [-0.2, -0.15) is 0 Å². The van der Waals surface area contributed by atoms with E-state index < -0.39 is 6.29 Å². The summed E-state index contributed by atoms with van der Waals surface area (Å²) in [5, 5.41) is 9.41. The molecule has 3 aliphatic rings. The third-order valence-corrected chi connectivity index (χ3v) is 3.36. The topological polar surface area (TPSA) is 46.5 Å². The van der Waals surface area contributed by atoms with Crippen LogP contribution >= 0.6 is 0 Å². The minimum atomic E-state index is -0.845. The van der Waals surface area contributed by atoms with Crippen LogP contribution in [0.15, 0.2) is 12.2 Å². The predicted octanol–water partition coefficient (Wildman–Crippen LogP) is 0.300. The minimum absolute atomic E-state index is 0.0463. The fourth-order valence-electron chi connectivity index (χ4n) is 2.86. The molecule has 1 heterocycles. The highest BCUT2D eigenvalue weighted by atomic mass is 16.6. The molecule has 1 aliphatic heterocycles. The van der Waals surface area contributed by atoms with Crippen LogP contribution in [0.25, 0.3) is 0 Å². The fraction of sp³-hybridized carbons (Fsp3) is 0.667. The maximum absolute atomic E-state index is 11.2. The van der Waals surface area contributed by atoms with E-state index in [-0.39, 0.29) is 17.8 Å². The zero-order valence-corrected chi connectivity index (χ0v) is 6.51. The average Bonchev–Trinajstić information content (AvgIpc) is 2.64. The van der Waals surface area contributed by atoms with Crippen molar-refractivity contribution in [2.75, 3.05) is 0 Å². The van der Waals surface area contributed by atoms with Crippen LogP contribution in [0, 0.1) is 23.7 Å². The second-order valence-electron chi connectivity index (χ2n) is 3.88. The van der Waals surface area contributed by atoms with Gasteiger partial charge in [0.05, 0.1) is 5.92 Å². The highest BCUT2D eigenvalue weighted by Crippen LogP contribution is 2.52. The van der Waals surface area contributed by atoms with Crippen molar-refractivity contribution in [1.29, 1.82) is 0 Å². The number of cyclic esters (lactones) is 1. The van der Waals surface area contributed by atoms with E-state index in [0.717, 1.165) is 6.42 Å². The van der Waals surface area contributed by atoms with Crippen molar-refractivity contribution >= 4 is 5.97 Å². The van der Waals surface area contributed by atoms with E-state index in [4.69, 9.17) is 4.74 Å². The first-order valence-electron chi connectivity index (χ1n) is 4.34. The molecule has 0 amide bonds. The molecule has 64 valence electrons. The number of rotatable bonds is 0. The molecule has 2 fully saturated rings. The van der Waals surface area contributed by atoms with Gasteiger partial charge in [-0.1, -0.05) is 12.2 Å². The van der Waals surface area contributed by atoms with E-state index >= 15 is 0 Å². The quantitative estimate of drug-likeness (QED) is 0.416. The first-order valence-corrected chi connectivity index (χ1v) is 4.34. The Hall–Kier alpha value is -0.830. The largest absolute Gasteiger partial charge is 0.435 e. The minimum Gasteiger partial charge on any atom is -0.435 e. The first kappa shape index (κ1) is 6.66. The zero-order chi connectivity index (χ0) is 8.29. The molecule has 2 aliphatic carbocycles. The van der Waals surface area contributed by atoms with Gasteiger partial charge in [0.25, 0.3) is 0 Å². The Morgan fingerprint density at radius 2 is 2.17 bits per heavy atom. The molecular weight excluding hydrogens is 156 g/mol. The summed E-state index contributed by atoms with van der Waals surface area (Å²) in [5.74, 6) is 0.512. The Morgan fingerprint density at radius 1 is 1.42 bits per heavy atom. The Kier molecular flexibility index (Phi) is 1.06. The predicted molar refractivity (Wildman–Crippen MR) is 39.8 cm³/mol. The maximum Gasteiger partial charge on any atom is 0.312 e. The fourth-order valence-corrected chi connectivity index (χ4v) is 2.86. The highest BCUT2D eigenvalue weighted by Gasteiger charge is 2.57. The molecule has 5 unspecified atom stereocenters. The van der Waals surface area contributed by atoms with Gasteiger partial charge in [0, 0.05) is 5.92 Å². The molecule has 0 aromatic heterocycles. The second-order valence-corrected chi connectivity index (χ2v) is 3.88. The molecule has 5 atom stereocenters. The number of allylic oxidation sites excluding steroid dienone is 2. The van der Waals surface area contributed by atoms with Crippen LogP contribution in [-0.2, 0) is 9.53 Å². The third kappa shape index (κ3) is 0.591. The summed E-state index contributed by atoms with van der Waals surface area (Å²) in [7, 11) is 0. The number of carbonyl (C=O) groups is 1. The molecule has 0 aromatic carbocycles. The molecule has 3 heteroatoms. The standard InChI is InChI=1S/C9H10O3/c10-8-6-4-1-2-5(3-4)7(6)9(11)12-8/h1-2,4-8,10H,3H2. The van der Waals surface area contributed by atoms with Crippen molar-refractivity contribution in [2.24, 2.45) is 23.7 Å². The number of carbonyl (C=O) groups excluding carboxylic acids is 1. The average molecular weight is 166 g/mol. The van der Waals surface area contributed by atoms with Gasteiger partial charge in [-0.05, 0) is 18.3 Å². The molecule has 3 nitrogen and oxygen atoms in total. The van der Waals surface area contributed by atoms with Gasteiger partial charge < -0.3 is 9.84 Å². The normalized spacial score (nSPS) is 54.4. The van der Waals surface area contributed by atoms with Gasteiger partial charge in [0.2, 0.25) is 6.29 Å². The van der Waals surface area contributed by atoms with Crippen LogP contribution in [-0.4, -0.2) is 17.4 Å². The van der Waals surface area contributed by atoms with Gasteiger partial charge in [-0.3, -0.25) is 4.79 Å². The van der Waals surface area contributed by atoms with E-state index in [1.54, 1.807) is 0 Å². The van der Waals surface area contributed by atoms with Crippen LogP contribution in [0.2, 0.25) is 0 Å². The van der Waals surface area contributed by atoms with Crippen LogP contribution in [0.1, 0.15) is 6.42 Å². The molecule has 0 aromatic rings. The van der Waals surface area contributed by atoms with Crippen molar-refractivity contribution < 1.29 is 14.6 Å². The number of hydrogen-bond donors (Lipinski definition) is 1. The molecule has 1 saturated heterocycles. The van der Waals surface area contributed by atoms with Crippen molar-refractivity contribution in [2.45, 2.75) is 12.7 Å². The van der Waals surface area contributed by atoms with Gasteiger partial charge in [-0.25, -0.2) is 0 Å². The Bertz CT molecular complexity index is 271. The van der Waals surface area contributed by atoms with Gasteiger partial charge >= 0.3 is 5.97 Å². The monoisotopic (exact) mass is 166 g/mol. The first-order chi connectivity index (χ1) is 5.77. The number of aliphatic hydroxyl groups is 1. The molecular formula is C9H10O3. The summed E-state index contributed by atoms with van der Waals surface area (Å²) < 4.78 is 4.79. The van der Waals surface area contributed by atoms with Gasteiger partial charge in [-0.15, -0.1) is 0 Å². The number of aliphatic hydroxyl groups excluding tert-OH is 1. The lowest BCUT2D eigenvalue weighted by molar-refractivity contribution is -0.158. The van der Waals surface area contributed by atoms with Gasteiger partial charge in [0.15, 0.2) is 0 Å². The maximum atomic E-state index is 11.2.